The SMILES string of the molecule is CSCCCOc1cc(C)c(-c2ccc(Cl)c(CO)c2)c2c1CC2. The quantitative estimate of drug-likeness (QED) is 0.700. The number of aliphatic hydroxyl groups is 1. The van der Waals surface area contributed by atoms with Crippen LogP contribution in [0.4, 0.5) is 0 Å². The van der Waals surface area contributed by atoms with Crippen molar-refractivity contribution >= 4 is 23.4 Å². The van der Waals surface area contributed by atoms with Gasteiger partial charge in [-0.1, -0.05) is 17.7 Å². The van der Waals surface area contributed by atoms with Crippen LogP contribution in [0.15, 0.2) is 24.3 Å². The first kappa shape index (κ1) is 17.7. The molecular formula is C20H23ClO2S. The molecule has 3 rings (SSSR count). The molecule has 0 saturated carbocycles. The molecule has 1 N–H and O–H groups in total. The molecule has 1 aliphatic carbocycles. The lowest BCUT2D eigenvalue weighted by molar-refractivity contribution is 0.282. The summed E-state index contributed by atoms with van der Waals surface area (Å²) in [5, 5.41) is 10.1. The normalized spacial score (nSPS) is 12.7. The summed E-state index contributed by atoms with van der Waals surface area (Å²) in [5.41, 5.74) is 7.14. The van der Waals surface area contributed by atoms with E-state index in [1.165, 1.54) is 22.3 Å². The van der Waals surface area contributed by atoms with Crippen molar-refractivity contribution in [2.24, 2.45) is 0 Å². The second kappa shape index (κ2) is 7.81. The standard InChI is InChI=1S/C20H23ClO2S/c1-13-10-19(23-8-3-9-24-2)16-5-6-17(16)20(13)14-4-7-18(21)15(11-14)12-22/h4,7,10-11,22H,3,5-6,8-9,12H2,1-2H3. The summed E-state index contributed by atoms with van der Waals surface area (Å²) in [4.78, 5) is 0. The molecule has 0 radical (unpaired) electrons. The van der Waals surface area contributed by atoms with E-state index < -0.39 is 0 Å². The number of thioether (sulfide) groups is 1. The topological polar surface area (TPSA) is 29.5 Å². The fourth-order valence-corrected chi connectivity index (χ4v) is 3.87. The maximum atomic E-state index is 9.48. The molecule has 0 atom stereocenters. The third-order valence-electron chi connectivity index (χ3n) is 4.59. The van der Waals surface area contributed by atoms with Gasteiger partial charge in [-0.15, -0.1) is 0 Å². The first-order chi connectivity index (χ1) is 11.7. The molecule has 0 fully saturated rings. The van der Waals surface area contributed by atoms with E-state index in [4.69, 9.17) is 16.3 Å². The number of aliphatic hydroxyl groups excluding tert-OH is 1. The largest absolute Gasteiger partial charge is 0.493 e. The summed E-state index contributed by atoms with van der Waals surface area (Å²) >= 11 is 7.99. The molecule has 24 heavy (non-hydrogen) atoms. The molecule has 0 amide bonds. The maximum absolute atomic E-state index is 9.48. The Balaban J connectivity index is 1.92. The van der Waals surface area contributed by atoms with Crippen molar-refractivity contribution < 1.29 is 9.84 Å². The van der Waals surface area contributed by atoms with Crippen molar-refractivity contribution in [3.8, 4) is 16.9 Å². The number of hydrogen-bond acceptors (Lipinski definition) is 3. The minimum atomic E-state index is -0.0372. The van der Waals surface area contributed by atoms with Gasteiger partial charge in [0.25, 0.3) is 0 Å². The summed E-state index contributed by atoms with van der Waals surface area (Å²) in [6.45, 7) is 2.88. The Kier molecular flexibility index (Phi) is 5.75. The fourth-order valence-electron chi connectivity index (χ4n) is 3.28. The zero-order chi connectivity index (χ0) is 17.1. The van der Waals surface area contributed by atoms with Crippen molar-refractivity contribution in [2.75, 3.05) is 18.6 Å². The molecule has 2 aromatic rings. The molecule has 0 bridgehead atoms. The molecule has 2 nitrogen and oxygen atoms in total. The van der Waals surface area contributed by atoms with Gasteiger partial charge in [0.2, 0.25) is 0 Å². The van der Waals surface area contributed by atoms with Crippen LogP contribution >= 0.6 is 23.4 Å². The van der Waals surface area contributed by atoms with E-state index in [0.29, 0.717) is 5.02 Å². The van der Waals surface area contributed by atoms with Gasteiger partial charge in [-0.25, -0.2) is 0 Å². The molecule has 0 heterocycles. The van der Waals surface area contributed by atoms with Gasteiger partial charge in [-0.3, -0.25) is 0 Å². The Morgan fingerprint density at radius 2 is 2.00 bits per heavy atom. The molecule has 1 aliphatic rings. The lowest BCUT2D eigenvalue weighted by Gasteiger charge is -2.28. The molecule has 4 heteroatoms. The van der Waals surface area contributed by atoms with Gasteiger partial charge in [0.15, 0.2) is 0 Å². The van der Waals surface area contributed by atoms with E-state index in [0.717, 1.165) is 48.5 Å². The summed E-state index contributed by atoms with van der Waals surface area (Å²) in [6, 6.07) is 8.09. The monoisotopic (exact) mass is 362 g/mol. The summed E-state index contributed by atoms with van der Waals surface area (Å²) in [7, 11) is 0. The van der Waals surface area contributed by atoms with Crippen molar-refractivity contribution in [3.63, 3.8) is 0 Å². The van der Waals surface area contributed by atoms with E-state index in [-0.39, 0.29) is 6.61 Å². The van der Waals surface area contributed by atoms with Crippen LogP contribution in [-0.2, 0) is 19.4 Å². The third-order valence-corrected chi connectivity index (χ3v) is 5.65. The Morgan fingerprint density at radius 1 is 1.21 bits per heavy atom. The van der Waals surface area contributed by atoms with E-state index in [1.807, 2.05) is 30.0 Å². The Bertz CT molecular complexity index is 743. The number of aryl methyl sites for hydroxylation is 1. The van der Waals surface area contributed by atoms with Crippen molar-refractivity contribution in [1.29, 1.82) is 0 Å². The predicted molar refractivity (Wildman–Crippen MR) is 103 cm³/mol. The van der Waals surface area contributed by atoms with Crippen LogP contribution < -0.4 is 4.74 Å². The van der Waals surface area contributed by atoms with E-state index >= 15 is 0 Å². The molecule has 0 unspecified atom stereocenters. The van der Waals surface area contributed by atoms with E-state index in [9.17, 15) is 5.11 Å². The molecule has 128 valence electrons. The maximum Gasteiger partial charge on any atom is 0.123 e. The number of rotatable bonds is 7. The lowest BCUT2D eigenvalue weighted by Crippen LogP contribution is -2.15. The molecule has 2 aromatic carbocycles. The highest BCUT2D eigenvalue weighted by atomic mass is 35.5. The van der Waals surface area contributed by atoms with Gasteiger partial charge >= 0.3 is 0 Å². The molecule has 0 spiro atoms. The van der Waals surface area contributed by atoms with Crippen LogP contribution in [0.1, 0.15) is 28.7 Å². The minimum absolute atomic E-state index is 0.0372. The zero-order valence-corrected chi connectivity index (χ0v) is 15.8. The van der Waals surface area contributed by atoms with Gasteiger partial charge in [0.1, 0.15) is 5.75 Å². The highest BCUT2D eigenvalue weighted by Crippen LogP contribution is 2.42. The fraction of sp³-hybridized carbons (Fsp3) is 0.400. The van der Waals surface area contributed by atoms with E-state index in [2.05, 4.69) is 19.2 Å². The van der Waals surface area contributed by atoms with Gasteiger partial charge < -0.3 is 9.84 Å². The van der Waals surface area contributed by atoms with Crippen molar-refractivity contribution in [3.05, 3.63) is 51.5 Å². The minimum Gasteiger partial charge on any atom is -0.493 e. The summed E-state index contributed by atoms with van der Waals surface area (Å²) < 4.78 is 6.03. The first-order valence-corrected chi connectivity index (χ1v) is 10.1. The first-order valence-electron chi connectivity index (χ1n) is 8.32. The van der Waals surface area contributed by atoms with E-state index in [1.54, 1.807) is 0 Å². The Labute approximate surface area is 153 Å². The average Bonchev–Trinajstić information content (AvgIpc) is 2.54. The second-order valence-corrected chi connectivity index (χ2v) is 7.58. The third kappa shape index (κ3) is 3.44. The van der Waals surface area contributed by atoms with Crippen LogP contribution in [0.2, 0.25) is 5.02 Å². The van der Waals surface area contributed by atoms with Crippen LogP contribution in [0.5, 0.6) is 5.75 Å². The molecule has 0 aliphatic heterocycles. The summed E-state index contributed by atoms with van der Waals surface area (Å²) in [6.07, 6.45) is 5.37. The van der Waals surface area contributed by atoms with Crippen molar-refractivity contribution in [2.45, 2.75) is 32.8 Å². The van der Waals surface area contributed by atoms with Gasteiger partial charge in [0.05, 0.1) is 13.2 Å². The zero-order valence-electron chi connectivity index (χ0n) is 14.2. The number of hydrogen-bond donors (Lipinski definition) is 1. The Hall–Kier alpha value is -1.16. The van der Waals surface area contributed by atoms with Crippen LogP contribution in [0.3, 0.4) is 0 Å². The number of halogens is 1. The molecule has 0 aromatic heterocycles. The predicted octanol–water partition coefficient (Wildman–Crippen LogP) is 5.04. The van der Waals surface area contributed by atoms with Gasteiger partial charge in [-0.05, 0) is 89.8 Å². The Morgan fingerprint density at radius 3 is 2.67 bits per heavy atom. The lowest BCUT2D eigenvalue weighted by atomic mass is 9.79. The highest BCUT2D eigenvalue weighted by Gasteiger charge is 2.25. The highest BCUT2D eigenvalue weighted by molar-refractivity contribution is 7.98. The second-order valence-electron chi connectivity index (χ2n) is 6.18. The number of fused-ring (bicyclic) bond motifs is 1. The van der Waals surface area contributed by atoms with Crippen LogP contribution in [0.25, 0.3) is 11.1 Å². The number of benzene rings is 2. The molecular weight excluding hydrogens is 340 g/mol. The number of ether oxygens (including phenoxy) is 1. The summed E-state index contributed by atoms with van der Waals surface area (Å²) in [5.74, 6) is 2.18. The van der Waals surface area contributed by atoms with Gasteiger partial charge in [-0.2, -0.15) is 11.8 Å². The average molecular weight is 363 g/mol. The van der Waals surface area contributed by atoms with Gasteiger partial charge in [0, 0.05) is 5.02 Å². The molecule has 0 saturated heterocycles. The van der Waals surface area contributed by atoms with Crippen LogP contribution in [-0.4, -0.2) is 23.7 Å². The van der Waals surface area contributed by atoms with Crippen molar-refractivity contribution in [1.82, 2.24) is 0 Å². The smallest absolute Gasteiger partial charge is 0.123 e. The van der Waals surface area contributed by atoms with Crippen LogP contribution in [0, 0.1) is 6.92 Å².